The molecule has 0 aliphatic heterocycles. The molecule has 1 aliphatic carbocycles. The molecule has 0 fully saturated rings. The molecule has 3 heteroatoms. The first-order valence-corrected chi connectivity index (χ1v) is 4.95. The van der Waals surface area contributed by atoms with Gasteiger partial charge in [-0.2, -0.15) is 0 Å². The van der Waals surface area contributed by atoms with Crippen molar-refractivity contribution in [1.29, 1.82) is 0 Å². The van der Waals surface area contributed by atoms with E-state index < -0.39 is 5.60 Å². The van der Waals surface area contributed by atoms with Gasteiger partial charge >= 0.3 is 5.97 Å². The number of rotatable bonds is 2. The maximum Gasteiger partial charge on any atom is 0.333 e. The van der Waals surface area contributed by atoms with E-state index in [4.69, 9.17) is 0 Å². The molecule has 0 amide bonds. The van der Waals surface area contributed by atoms with E-state index in [1.54, 1.807) is 0 Å². The SMILES string of the molecule is COC(=O)C1=CC[C@H](C(C)(C)O)CC1. The highest BCUT2D eigenvalue weighted by Gasteiger charge is 2.29. The van der Waals surface area contributed by atoms with Crippen molar-refractivity contribution < 1.29 is 14.6 Å². The quantitative estimate of drug-likeness (QED) is 0.686. The molecule has 1 atom stereocenters. The van der Waals surface area contributed by atoms with Crippen molar-refractivity contribution in [1.82, 2.24) is 0 Å². The maximum absolute atomic E-state index is 11.2. The highest BCUT2D eigenvalue weighted by molar-refractivity contribution is 5.88. The van der Waals surface area contributed by atoms with Crippen LogP contribution >= 0.6 is 0 Å². The van der Waals surface area contributed by atoms with E-state index in [1.165, 1.54) is 7.11 Å². The fourth-order valence-electron chi connectivity index (χ4n) is 1.79. The third-order valence-electron chi connectivity index (χ3n) is 2.86. The minimum Gasteiger partial charge on any atom is -0.466 e. The molecule has 0 bridgehead atoms. The summed E-state index contributed by atoms with van der Waals surface area (Å²) in [7, 11) is 1.39. The lowest BCUT2D eigenvalue weighted by Gasteiger charge is -2.31. The molecule has 1 N–H and O–H groups in total. The lowest BCUT2D eigenvalue weighted by molar-refractivity contribution is -0.136. The number of carbonyl (C=O) groups is 1. The molecular weight excluding hydrogens is 180 g/mol. The Hall–Kier alpha value is -0.830. The first kappa shape index (κ1) is 11.2. The number of methoxy groups -OCH3 is 1. The summed E-state index contributed by atoms with van der Waals surface area (Å²) in [4.78, 5) is 11.2. The molecule has 0 aromatic rings. The van der Waals surface area contributed by atoms with Gasteiger partial charge in [0.15, 0.2) is 0 Å². The topological polar surface area (TPSA) is 46.5 Å². The molecule has 0 radical (unpaired) electrons. The first-order valence-electron chi connectivity index (χ1n) is 4.95. The molecule has 1 rings (SSSR count). The van der Waals surface area contributed by atoms with Crippen molar-refractivity contribution in [3.8, 4) is 0 Å². The third-order valence-corrected chi connectivity index (χ3v) is 2.86. The van der Waals surface area contributed by atoms with Crippen LogP contribution in [0.1, 0.15) is 33.1 Å². The highest BCUT2D eigenvalue weighted by Crippen LogP contribution is 2.31. The summed E-state index contributed by atoms with van der Waals surface area (Å²) >= 11 is 0. The minimum absolute atomic E-state index is 0.237. The summed E-state index contributed by atoms with van der Waals surface area (Å²) in [6.45, 7) is 3.63. The lowest BCUT2D eigenvalue weighted by atomic mass is 9.79. The van der Waals surface area contributed by atoms with Crippen molar-refractivity contribution in [2.24, 2.45) is 5.92 Å². The molecule has 0 aromatic heterocycles. The standard InChI is InChI=1S/C11H18O3/c1-11(2,13)9-6-4-8(5-7-9)10(12)14-3/h4,9,13H,5-7H2,1-3H3/t9-/m0/s1. The largest absolute Gasteiger partial charge is 0.466 e. The zero-order valence-corrected chi connectivity index (χ0v) is 9.04. The fourth-order valence-corrected chi connectivity index (χ4v) is 1.79. The number of allylic oxidation sites excluding steroid dienone is 1. The van der Waals surface area contributed by atoms with Crippen LogP contribution in [0.2, 0.25) is 0 Å². The average molecular weight is 198 g/mol. The Morgan fingerprint density at radius 1 is 1.64 bits per heavy atom. The summed E-state index contributed by atoms with van der Waals surface area (Å²) in [6, 6.07) is 0. The van der Waals surface area contributed by atoms with Crippen LogP contribution in [0.4, 0.5) is 0 Å². The number of carbonyl (C=O) groups excluding carboxylic acids is 1. The molecular formula is C11H18O3. The second-order valence-electron chi connectivity index (χ2n) is 4.35. The van der Waals surface area contributed by atoms with Crippen LogP contribution in [0.15, 0.2) is 11.6 Å². The zero-order valence-electron chi connectivity index (χ0n) is 9.04. The molecule has 0 saturated heterocycles. The number of hydrogen-bond donors (Lipinski definition) is 1. The summed E-state index contributed by atoms with van der Waals surface area (Å²) in [6.07, 6.45) is 4.21. The van der Waals surface area contributed by atoms with Crippen molar-refractivity contribution in [3.05, 3.63) is 11.6 Å². The van der Waals surface area contributed by atoms with E-state index in [0.717, 1.165) is 18.4 Å². The van der Waals surface area contributed by atoms with Crippen molar-refractivity contribution >= 4 is 5.97 Å². The van der Waals surface area contributed by atoms with Gasteiger partial charge in [0, 0.05) is 5.57 Å². The molecule has 0 heterocycles. The van der Waals surface area contributed by atoms with Crippen LogP contribution in [0.25, 0.3) is 0 Å². The van der Waals surface area contributed by atoms with Crippen LogP contribution < -0.4 is 0 Å². The lowest BCUT2D eigenvalue weighted by Crippen LogP contribution is -2.32. The van der Waals surface area contributed by atoms with Gasteiger partial charge in [0.2, 0.25) is 0 Å². The van der Waals surface area contributed by atoms with E-state index in [9.17, 15) is 9.90 Å². The number of aliphatic hydroxyl groups is 1. The van der Waals surface area contributed by atoms with Crippen LogP contribution in [0, 0.1) is 5.92 Å². The molecule has 0 aromatic carbocycles. The Morgan fingerprint density at radius 2 is 2.29 bits per heavy atom. The monoisotopic (exact) mass is 198 g/mol. The van der Waals surface area contributed by atoms with E-state index in [1.807, 2.05) is 19.9 Å². The van der Waals surface area contributed by atoms with Crippen LogP contribution in [0.3, 0.4) is 0 Å². The van der Waals surface area contributed by atoms with Gasteiger partial charge in [-0.15, -0.1) is 0 Å². The second-order valence-corrected chi connectivity index (χ2v) is 4.35. The molecule has 0 spiro atoms. The Morgan fingerprint density at radius 3 is 2.64 bits per heavy atom. The van der Waals surface area contributed by atoms with Gasteiger partial charge in [0.05, 0.1) is 12.7 Å². The normalized spacial score (nSPS) is 22.9. The fraction of sp³-hybridized carbons (Fsp3) is 0.727. The van der Waals surface area contributed by atoms with Gasteiger partial charge in [-0.3, -0.25) is 0 Å². The zero-order chi connectivity index (χ0) is 10.8. The van der Waals surface area contributed by atoms with E-state index in [0.29, 0.717) is 6.42 Å². The Kier molecular flexibility index (Phi) is 3.32. The molecule has 0 unspecified atom stereocenters. The molecule has 0 saturated carbocycles. The van der Waals surface area contributed by atoms with Crippen LogP contribution in [-0.4, -0.2) is 23.8 Å². The third kappa shape index (κ3) is 2.58. The first-order chi connectivity index (χ1) is 6.45. The van der Waals surface area contributed by atoms with Gasteiger partial charge in [0.1, 0.15) is 0 Å². The maximum atomic E-state index is 11.2. The summed E-state index contributed by atoms with van der Waals surface area (Å²) in [5.41, 5.74) is 0.0889. The minimum atomic E-state index is -0.655. The number of hydrogen-bond acceptors (Lipinski definition) is 3. The van der Waals surface area contributed by atoms with Crippen molar-refractivity contribution in [3.63, 3.8) is 0 Å². The smallest absolute Gasteiger partial charge is 0.333 e. The van der Waals surface area contributed by atoms with Crippen molar-refractivity contribution in [2.45, 2.75) is 38.7 Å². The van der Waals surface area contributed by atoms with Gasteiger partial charge < -0.3 is 9.84 Å². The van der Waals surface area contributed by atoms with Gasteiger partial charge in [-0.25, -0.2) is 4.79 Å². The highest BCUT2D eigenvalue weighted by atomic mass is 16.5. The predicted molar refractivity (Wildman–Crippen MR) is 53.7 cm³/mol. The van der Waals surface area contributed by atoms with E-state index >= 15 is 0 Å². The predicted octanol–water partition coefficient (Wildman–Crippen LogP) is 1.66. The summed E-state index contributed by atoms with van der Waals surface area (Å²) < 4.78 is 4.64. The van der Waals surface area contributed by atoms with Crippen molar-refractivity contribution in [2.75, 3.05) is 7.11 Å². The summed E-state index contributed by atoms with van der Waals surface area (Å²) in [5, 5.41) is 9.78. The number of ether oxygens (including phenoxy) is 1. The van der Waals surface area contributed by atoms with Gasteiger partial charge in [-0.05, 0) is 39.0 Å². The Balaban J connectivity index is 2.60. The summed E-state index contributed by atoms with van der Waals surface area (Å²) in [5.74, 6) is 0.00935. The average Bonchev–Trinajstić information content (AvgIpc) is 2.15. The number of esters is 1. The molecule has 3 nitrogen and oxygen atoms in total. The second kappa shape index (κ2) is 4.13. The van der Waals surface area contributed by atoms with Gasteiger partial charge in [0.25, 0.3) is 0 Å². The van der Waals surface area contributed by atoms with E-state index in [-0.39, 0.29) is 11.9 Å². The molecule has 80 valence electrons. The molecule has 1 aliphatic rings. The van der Waals surface area contributed by atoms with E-state index in [2.05, 4.69) is 4.74 Å². The van der Waals surface area contributed by atoms with Crippen LogP contribution in [-0.2, 0) is 9.53 Å². The Bertz CT molecular complexity index is 248. The molecule has 14 heavy (non-hydrogen) atoms. The van der Waals surface area contributed by atoms with Crippen LogP contribution in [0.5, 0.6) is 0 Å². The van der Waals surface area contributed by atoms with Gasteiger partial charge in [-0.1, -0.05) is 6.08 Å². The Labute approximate surface area is 84.8 Å².